The summed E-state index contributed by atoms with van der Waals surface area (Å²) in [6.07, 6.45) is 22.0. The molecule has 0 amide bonds. The lowest BCUT2D eigenvalue weighted by atomic mass is 9.83. The highest BCUT2D eigenvalue weighted by Gasteiger charge is 2.38. The first-order valence-corrected chi connectivity index (χ1v) is 51.8. The van der Waals surface area contributed by atoms with Gasteiger partial charge in [-0.05, 0) is 234 Å². The van der Waals surface area contributed by atoms with Crippen molar-refractivity contribution in [2.45, 2.75) is 222 Å². The number of unbranched alkanes of at least 4 members (excludes halogenated alkanes) is 4. The van der Waals surface area contributed by atoms with Crippen LogP contribution in [0, 0.1) is 51.8 Å². The molecular weight excluding hydrogens is 1830 g/mol. The van der Waals surface area contributed by atoms with Crippen LogP contribution in [0.15, 0.2) is 276 Å². The van der Waals surface area contributed by atoms with Crippen LogP contribution >= 0.6 is 0 Å². The lowest BCUT2D eigenvalue weighted by molar-refractivity contribution is -0.385. The van der Waals surface area contributed by atoms with E-state index in [1.165, 1.54) is 85.3 Å². The number of nitro groups is 4. The molecule has 0 spiro atoms. The molecule has 6 atom stereocenters. The van der Waals surface area contributed by atoms with Gasteiger partial charge in [-0.1, -0.05) is 164 Å². The van der Waals surface area contributed by atoms with Crippen LogP contribution in [0.2, 0.25) is 0 Å². The van der Waals surface area contributed by atoms with E-state index in [1.54, 1.807) is 119 Å². The minimum Gasteiger partial charge on any atom is -0.497 e. The Hall–Kier alpha value is -12.3. The summed E-state index contributed by atoms with van der Waals surface area (Å²) >= 11 is 0. The monoisotopic (exact) mass is 1960 g/mol. The Morgan fingerprint density at radius 1 is 0.401 bits per heavy atom. The van der Waals surface area contributed by atoms with Gasteiger partial charge in [0.1, 0.15) is 41.5 Å². The number of hydrogen-bond acceptors (Lipinski definition) is 25. The molecule has 0 aromatic heterocycles. The average Bonchev–Trinajstić information content (AvgIpc) is 0.749. The Morgan fingerprint density at radius 3 is 0.956 bits per heavy atom. The molecule has 0 aliphatic heterocycles. The van der Waals surface area contributed by atoms with Gasteiger partial charge in [-0.2, -0.15) is 0 Å². The minimum absolute atomic E-state index is 0.0205. The Morgan fingerprint density at radius 2 is 0.693 bits per heavy atom. The number of carbonyl (C=O) groups excluding carboxylic acids is 1. The van der Waals surface area contributed by atoms with Gasteiger partial charge >= 0.3 is 0 Å². The standard InChI is InChI=1S/C29H39NO7S.3C25H31NO6S/c1-7-10-11-24(29(36-21(4)8-2)37-22(5)9-3)20-38(33,34)28-17-14-26(30(31)32)19-25(28)18-23-12-15-27(35-6)16-13-23;2*1-5-7-8-21(17-32-19(3)6-2)18-33(29,30)25-14-11-23(26(27)28)16-22(25)15-20-9-12-24(31-4)13-10-20;1-4-6-14-25(18-27,15-7-5-2)19-33(30,31)24-13-10-22(26(28)29)17-21(24)16-20-8-11-23(32-3)12-9-20/h8-9,12-17,19,21-22,24,29H,2-3,7,10-11,18,20H2,1,4-6H3;2*6,9-14,16-17,19H,2,5,7-8,15,18H2,1,3-4H3;4,6,8-13,17-18H,5,7,14-16,19H2,1-3H3/b;2*21-17+;. The van der Waals surface area contributed by atoms with Gasteiger partial charge in [0, 0.05) is 59.9 Å². The fraction of sp³-hybridized carbons (Fsp3) is 0.394. The Bertz CT molecular complexity index is 5690. The van der Waals surface area contributed by atoms with Crippen molar-refractivity contribution in [2.75, 3.05) is 51.5 Å². The molecule has 8 aromatic carbocycles. The Balaban J connectivity index is 0.000000323. The number of aldehydes is 1. The molecule has 742 valence electrons. The number of ether oxygens (including phenoxy) is 8. The molecule has 6 unspecified atom stereocenters. The molecule has 8 aromatic rings. The average molecular weight is 1970 g/mol. The van der Waals surface area contributed by atoms with Crippen LogP contribution in [0.5, 0.6) is 23.0 Å². The van der Waals surface area contributed by atoms with Gasteiger partial charge in [-0.3, -0.25) is 40.5 Å². The third kappa shape index (κ3) is 38.0. The Labute approximate surface area is 808 Å². The zero-order chi connectivity index (χ0) is 102. The van der Waals surface area contributed by atoms with Crippen LogP contribution in [0.1, 0.15) is 190 Å². The van der Waals surface area contributed by atoms with Gasteiger partial charge in [0.2, 0.25) is 0 Å². The summed E-state index contributed by atoms with van der Waals surface area (Å²) in [7, 11) is -9.12. The van der Waals surface area contributed by atoms with E-state index >= 15 is 0 Å². The maximum absolute atomic E-state index is 13.9. The second-order valence-electron chi connectivity index (χ2n) is 33.0. The smallest absolute Gasteiger partial charge is 0.269 e. The van der Waals surface area contributed by atoms with Crippen molar-refractivity contribution in [3.63, 3.8) is 0 Å². The van der Waals surface area contributed by atoms with Crippen molar-refractivity contribution in [1.82, 2.24) is 0 Å². The summed E-state index contributed by atoms with van der Waals surface area (Å²) in [5.74, 6) is 1.16. The van der Waals surface area contributed by atoms with Gasteiger partial charge in [-0.25, -0.2) is 33.7 Å². The maximum atomic E-state index is 13.9. The van der Waals surface area contributed by atoms with Crippen LogP contribution in [-0.4, -0.2) is 142 Å². The number of benzene rings is 8. The second-order valence-corrected chi connectivity index (χ2v) is 40.9. The van der Waals surface area contributed by atoms with Crippen molar-refractivity contribution < 1.29 is 96.1 Å². The number of sulfone groups is 4. The first-order valence-electron chi connectivity index (χ1n) is 45.2. The van der Waals surface area contributed by atoms with Crippen molar-refractivity contribution in [1.29, 1.82) is 0 Å². The third-order valence-electron chi connectivity index (χ3n) is 22.2. The number of nitrogens with zero attached hydrogens (tertiary/aromatic N) is 4. The lowest BCUT2D eigenvalue weighted by Crippen LogP contribution is -2.36. The maximum Gasteiger partial charge on any atom is 0.269 e. The molecule has 0 aliphatic rings. The lowest BCUT2D eigenvalue weighted by Gasteiger charge is -2.31. The van der Waals surface area contributed by atoms with Crippen LogP contribution < -0.4 is 18.9 Å². The Kier molecular flexibility index (Phi) is 48.5. The van der Waals surface area contributed by atoms with E-state index in [0.717, 1.165) is 79.9 Å². The molecule has 0 radical (unpaired) electrons. The normalized spacial score (nSPS) is 13.5. The number of allylic oxidation sites excluding steroid dienone is 2. The van der Waals surface area contributed by atoms with E-state index in [1.807, 2.05) is 105 Å². The minimum atomic E-state index is -3.91. The quantitative estimate of drug-likeness (QED) is 0.00853. The molecule has 137 heavy (non-hydrogen) atoms. The molecule has 0 N–H and O–H groups in total. The molecule has 0 heterocycles. The summed E-state index contributed by atoms with van der Waals surface area (Å²) in [6, 6.07) is 44.0. The van der Waals surface area contributed by atoms with Gasteiger partial charge < -0.3 is 42.7 Å². The van der Waals surface area contributed by atoms with E-state index in [0.29, 0.717) is 88.5 Å². The van der Waals surface area contributed by atoms with E-state index in [4.69, 9.17) is 37.9 Å². The fourth-order valence-electron chi connectivity index (χ4n) is 14.3. The number of carbonyl (C=O) groups is 1. The second kappa shape index (κ2) is 57.7. The predicted octanol–water partition coefficient (Wildman–Crippen LogP) is 22.9. The van der Waals surface area contributed by atoms with Crippen LogP contribution in [0.4, 0.5) is 22.7 Å². The first-order chi connectivity index (χ1) is 65.1. The first kappa shape index (κ1) is 115. The highest BCUT2D eigenvalue weighted by Crippen LogP contribution is 2.38. The van der Waals surface area contributed by atoms with Gasteiger partial charge in [0.25, 0.3) is 22.7 Å². The summed E-state index contributed by atoms with van der Waals surface area (Å²) in [4.78, 5) is 55.8. The SMILES string of the molecule is C=CC(C)O/C=C(\CCCC)CS(=O)(=O)c1ccc([N+](=O)[O-])cc1Cc1ccc(OC)cc1.C=CC(C)O/C=C(\CCCC)CS(=O)(=O)c1ccc([N+](=O)[O-])cc1Cc1ccc(OC)cc1.C=CC(C)OC(OC(C)C=C)C(CCCC)CS(=O)(=O)c1ccc([N+](=O)[O-])cc1Cc1ccc(OC)cc1.CC=CCC(C=O)(CCCC)CS(=O)(=O)c1ccc([N+](=O)[O-])cc1Cc1ccc(OC)cc1. The molecule has 33 heteroatoms. The zero-order valence-corrected chi connectivity index (χ0v) is 83.9. The highest BCUT2D eigenvalue weighted by molar-refractivity contribution is 7.92. The van der Waals surface area contributed by atoms with E-state index < -0.39 is 76.7 Å². The molecule has 0 saturated carbocycles. The third-order valence-corrected chi connectivity index (χ3v) is 29.8. The molecule has 0 aliphatic carbocycles. The summed E-state index contributed by atoms with van der Waals surface area (Å²) in [6.45, 7) is 32.0. The van der Waals surface area contributed by atoms with Crippen molar-refractivity contribution in [3.8, 4) is 23.0 Å². The molecule has 0 saturated heterocycles. The number of nitro benzene ring substituents is 4. The zero-order valence-electron chi connectivity index (χ0n) is 80.6. The van der Waals surface area contributed by atoms with E-state index in [2.05, 4.69) is 26.3 Å². The molecule has 8 rings (SSSR count). The van der Waals surface area contributed by atoms with E-state index in [-0.39, 0.29) is 115 Å². The van der Waals surface area contributed by atoms with Crippen molar-refractivity contribution >= 4 is 68.4 Å². The van der Waals surface area contributed by atoms with Crippen molar-refractivity contribution in [2.24, 2.45) is 11.3 Å². The van der Waals surface area contributed by atoms with Gasteiger partial charge in [-0.15, -0.1) is 13.2 Å². The van der Waals surface area contributed by atoms with Gasteiger partial charge in [0.05, 0.1) is 115 Å². The molecule has 0 fully saturated rings. The summed E-state index contributed by atoms with van der Waals surface area (Å²) < 4.78 is 152. The van der Waals surface area contributed by atoms with Crippen LogP contribution in [0.25, 0.3) is 0 Å². The number of hydrogen-bond donors (Lipinski definition) is 0. The summed E-state index contributed by atoms with van der Waals surface area (Å²) in [5.41, 5.74) is 4.28. The number of rotatable bonds is 56. The van der Waals surface area contributed by atoms with Crippen LogP contribution in [0.3, 0.4) is 0 Å². The molecular formula is C104H132N4O25S4. The van der Waals surface area contributed by atoms with Crippen LogP contribution in [-0.2, 0) is 88.8 Å². The van der Waals surface area contributed by atoms with Gasteiger partial charge in [0.15, 0.2) is 45.6 Å². The highest BCUT2D eigenvalue weighted by atomic mass is 32.2. The topological polar surface area (TPSA) is 400 Å². The van der Waals surface area contributed by atoms with E-state index in [9.17, 15) is 78.9 Å². The number of methoxy groups -OCH3 is 4. The summed E-state index contributed by atoms with van der Waals surface area (Å²) in [5, 5.41) is 45.5. The van der Waals surface area contributed by atoms with Crippen molar-refractivity contribution in [3.05, 3.63) is 341 Å². The molecule has 29 nitrogen and oxygen atoms in total. The predicted molar refractivity (Wildman–Crippen MR) is 536 cm³/mol. The number of non-ortho nitro benzene ring substituents is 4. The molecule has 0 bridgehead atoms. The fourth-order valence-corrected chi connectivity index (χ4v) is 21.5. The largest absolute Gasteiger partial charge is 0.497 e.